The molecule has 1 amide bonds. The third kappa shape index (κ3) is 4.49. The van der Waals surface area contributed by atoms with Crippen LogP contribution >= 0.6 is 0 Å². The van der Waals surface area contributed by atoms with Crippen molar-refractivity contribution >= 4 is 6.09 Å². The zero-order valence-electron chi connectivity index (χ0n) is 19.2. The highest BCUT2D eigenvalue weighted by molar-refractivity contribution is 5.70. The van der Waals surface area contributed by atoms with E-state index in [1.807, 2.05) is 38.7 Å². The van der Waals surface area contributed by atoms with Gasteiger partial charge in [0, 0.05) is 12.5 Å². The summed E-state index contributed by atoms with van der Waals surface area (Å²) in [6.07, 6.45) is 4.11. The molecule has 0 aliphatic carbocycles. The number of amides is 1. The van der Waals surface area contributed by atoms with E-state index in [2.05, 4.69) is 9.97 Å². The molecule has 2 saturated heterocycles. The van der Waals surface area contributed by atoms with E-state index in [4.69, 9.17) is 14.2 Å². The fraction of sp³-hybridized carbons (Fsp3) is 0.542. The molecule has 0 saturated carbocycles. The second kappa shape index (κ2) is 8.56. The largest absolute Gasteiger partial charge is 0.472 e. The molecule has 0 spiro atoms. The lowest BCUT2D eigenvalue weighted by molar-refractivity contribution is 0.0180. The summed E-state index contributed by atoms with van der Waals surface area (Å²) in [6.45, 7) is 9.33. The number of aromatic nitrogens is 2. The van der Waals surface area contributed by atoms with Crippen molar-refractivity contribution in [1.29, 1.82) is 0 Å². The van der Waals surface area contributed by atoms with E-state index >= 15 is 0 Å². The summed E-state index contributed by atoms with van der Waals surface area (Å²) in [4.78, 5) is 22.9. The number of halogens is 1. The van der Waals surface area contributed by atoms with Crippen LogP contribution in [0.3, 0.4) is 0 Å². The Morgan fingerprint density at radius 3 is 2.66 bits per heavy atom. The molecule has 4 rings (SSSR count). The molecule has 2 aliphatic heterocycles. The first-order valence-electron chi connectivity index (χ1n) is 11.1. The van der Waals surface area contributed by atoms with Gasteiger partial charge in [0.25, 0.3) is 0 Å². The van der Waals surface area contributed by atoms with Crippen LogP contribution in [0.15, 0.2) is 24.5 Å². The van der Waals surface area contributed by atoms with Crippen molar-refractivity contribution < 1.29 is 23.4 Å². The van der Waals surface area contributed by atoms with E-state index in [-0.39, 0.29) is 35.9 Å². The summed E-state index contributed by atoms with van der Waals surface area (Å²) < 4.78 is 31.9. The first-order valence-corrected chi connectivity index (χ1v) is 11.1. The number of aryl methyl sites for hydroxylation is 1. The lowest BCUT2D eigenvalue weighted by Crippen LogP contribution is -2.42. The molecule has 0 N–H and O–H groups in total. The Balaban J connectivity index is 1.48. The molecule has 32 heavy (non-hydrogen) atoms. The maximum atomic E-state index is 14.4. The van der Waals surface area contributed by atoms with Gasteiger partial charge < -0.3 is 14.2 Å². The van der Waals surface area contributed by atoms with E-state index in [9.17, 15) is 9.18 Å². The topological polar surface area (TPSA) is 73.8 Å². The van der Waals surface area contributed by atoms with Crippen molar-refractivity contribution in [2.24, 2.45) is 0 Å². The SMILES string of the molecule is CCc1ccc(Oc2ncnc(O[C@H]3CC4CCC3N4C(=O)OC(C)(C)C)c2C)c(F)c1. The highest BCUT2D eigenvalue weighted by atomic mass is 19.1. The standard InChI is InChI=1S/C24H30FN3O4/c1-6-15-7-10-19(17(25)11-15)30-21-14(2)22(27-13-26-21)31-20-12-16-8-9-18(20)28(16)23(29)32-24(3,4)5/h7,10-11,13,16,18,20H,6,8-9,12H2,1-5H3/t16?,18?,20-/m0/s1. The summed E-state index contributed by atoms with van der Waals surface area (Å²) in [5.74, 6) is 0.282. The molecule has 0 radical (unpaired) electrons. The van der Waals surface area contributed by atoms with Crippen molar-refractivity contribution in [3.8, 4) is 17.5 Å². The van der Waals surface area contributed by atoms with Crippen LogP contribution in [-0.4, -0.2) is 44.7 Å². The summed E-state index contributed by atoms with van der Waals surface area (Å²) >= 11 is 0. The smallest absolute Gasteiger partial charge is 0.410 e. The van der Waals surface area contributed by atoms with Crippen LogP contribution in [0.2, 0.25) is 0 Å². The van der Waals surface area contributed by atoms with E-state index in [0.29, 0.717) is 11.4 Å². The van der Waals surface area contributed by atoms with Gasteiger partial charge in [0.15, 0.2) is 11.6 Å². The summed E-state index contributed by atoms with van der Waals surface area (Å²) in [5, 5.41) is 0. The first-order chi connectivity index (χ1) is 15.2. The van der Waals surface area contributed by atoms with Crippen LogP contribution in [0.4, 0.5) is 9.18 Å². The van der Waals surface area contributed by atoms with Crippen molar-refractivity contribution in [2.45, 2.75) is 84.1 Å². The Kier molecular flexibility index (Phi) is 5.97. The van der Waals surface area contributed by atoms with Gasteiger partial charge in [-0.2, -0.15) is 0 Å². The number of hydrogen-bond donors (Lipinski definition) is 0. The van der Waals surface area contributed by atoms with Crippen LogP contribution < -0.4 is 9.47 Å². The Labute approximate surface area is 187 Å². The van der Waals surface area contributed by atoms with Crippen molar-refractivity contribution in [3.63, 3.8) is 0 Å². The minimum atomic E-state index is -0.546. The van der Waals surface area contributed by atoms with Gasteiger partial charge in [0.05, 0.1) is 11.6 Å². The predicted octanol–water partition coefficient (Wildman–Crippen LogP) is 5.20. The van der Waals surface area contributed by atoms with Crippen LogP contribution in [0.1, 0.15) is 58.1 Å². The molecule has 172 valence electrons. The molecule has 7 nitrogen and oxygen atoms in total. The number of carbonyl (C=O) groups excluding carboxylic acids is 1. The lowest BCUT2D eigenvalue weighted by Gasteiger charge is -2.28. The number of benzene rings is 1. The molecule has 3 heterocycles. The summed E-state index contributed by atoms with van der Waals surface area (Å²) in [5.41, 5.74) is 0.928. The maximum absolute atomic E-state index is 14.4. The maximum Gasteiger partial charge on any atom is 0.410 e. The van der Waals surface area contributed by atoms with Gasteiger partial charge in [0.2, 0.25) is 11.8 Å². The fourth-order valence-corrected chi connectivity index (χ4v) is 4.39. The Hall–Kier alpha value is -2.90. The van der Waals surface area contributed by atoms with Crippen molar-refractivity contribution in [3.05, 3.63) is 41.5 Å². The highest BCUT2D eigenvalue weighted by Gasteiger charge is 2.51. The molecule has 2 fully saturated rings. The number of carbonyl (C=O) groups is 1. The normalized spacial score (nSPS) is 22.2. The third-order valence-electron chi connectivity index (χ3n) is 5.95. The first kappa shape index (κ1) is 22.3. The van der Waals surface area contributed by atoms with Crippen LogP contribution in [0.25, 0.3) is 0 Å². The minimum absolute atomic E-state index is 0.0624. The van der Waals surface area contributed by atoms with Crippen LogP contribution in [-0.2, 0) is 11.2 Å². The van der Waals surface area contributed by atoms with Crippen LogP contribution in [0, 0.1) is 12.7 Å². The van der Waals surface area contributed by atoms with Crippen LogP contribution in [0.5, 0.6) is 17.5 Å². The lowest BCUT2D eigenvalue weighted by atomic mass is 9.98. The Morgan fingerprint density at radius 2 is 1.97 bits per heavy atom. The Morgan fingerprint density at radius 1 is 1.22 bits per heavy atom. The number of ether oxygens (including phenoxy) is 3. The number of hydrogen-bond acceptors (Lipinski definition) is 6. The molecule has 2 unspecified atom stereocenters. The van der Waals surface area contributed by atoms with Gasteiger partial charge in [0.1, 0.15) is 18.0 Å². The second-order valence-electron chi connectivity index (χ2n) is 9.41. The van der Waals surface area contributed by atoms with Gasteiger partial charge in [-0.25, -0.2) is 19.2 Å². The predicted molar refractivity (Wildman–Crippen MR) is 117 cm³/mol. The van der Waals surface area contributed by atoms with E-state index in [1.54, 1.807) is 13.0 Å². The number of nitrogens with zero attached hydrogens (tertiary/aromatic N) is 3. The van der Waals surface area contributed by atoms with E-state index in [1.165, 1.54) is 12.4 Å². The summed E-state index contributed by atoms with van der Waals surface area (Å²) in [6, 6.07) is 4.93. The summed E-state index contributed by atoms with van der Waals surface area (Å²) in [7, 11) is 0. The second-order valence-corrected chi connectivity index (χ2v) is 9.41. The average Bonchev–Trinajstić information content (AvgIpc) is 3.29. The molecule has 1 aromatic heterocycles. The van der Waals surface area contributed by atoms with Gasteiger partial charge in [-0.3, -0.25) is 4.90 Å². The highest BCUT2D eigenvalue weighted by Crippen LogP contribution is 2.41. The minimum Gasteiger partial charge on any atom is -0.472 e. The zero-order chi connectivity index (χ0) is 23.0. The van der Waals surface area contributed by atoms with Crippen molar-refractivity contribution in [1.82, 2.24) is 14.9 Å². The average molecular weight is 444 g/mol. The fourth-order valence-electron chi connectivity index (χ4n) is 4.39. The quantitative estimate of drug-likeness (QED) is 0.633. The van der Waals surface area contributed by atoms with E-state index < -0.39 is 11.4 Å². The number of fused-ring (bicyclic) bond motifs is 2. The molecular formula is C24H30FN3O4. The van der Waals surface area contributed by atoms with Crippen molar-refractivity contribution in [2.75, 3.05) is 0 Å². The zero-order valence-corrected chi connectivity index (χ0v) is 19.2. The molecule has 2 aromatic rings. The molecule has 8 heteroatoms. The van der Waals surface area contributed by atoms with Gasteiger partial charge in [-0.15, -0.1) is 0 Å². The molecule has 2 aliphatic rings. The number of rotatable bonds is 5. The van der Waals surface area contributed by atoms with Gasteiger partial charge >= 0.3 is 6.09 Å². The monoisotopic (exact) mass is 443 g/mol. The Bertz CT molecular complexity index is 1010. The molecular weight excluding hydrogens is 413 g/mol. The third-order valence-corrected chi connectivity index (χ3v) is 5.95. The van der Waals surface area contributed by atoms with Gasteiger partial charge in [-0.1, -0.05) is 13.0 Å². The molecule has 3 atom stereocenters. The van der Waals surface area contributed by atoms with E-state index in [0.717, 1.165) is 31.2 Å². The molecule has 2 bridgehead atoms. The molecule has 1 aromatic carbocycles. The van der Waals surface area contributed by atoms with Gasteiger partial charge in [-0.05, 0) is 64.7 Å².